The van der Waals surface area contributed by atoms with Crippen LogP contribution in [0, 0.1) is 0 Å². The van der Waals surface area contributed by atoms with Gasteiger partial charge in [-0.2, -0.15) is 0 Å². The first-order valence-corrected chi connectivity index (χ1v) is 10.2. The third kappa shape index (κ3) is 4.21. The van der Waals surface area contributed by atoms with E-state index in [1.54, 1.807) is 21.9 Å². The number of carbonyl (C=O) groups excluding carboxylic acids is 2. The summed E-state index contributed by atoms with van der Waals surface area (Å²) in [4.78, 5) is 28.6. The fourth-order valence-electron chi connectivity index (χ4n) is 3.83. The molecule has 0 aliphatic carbocycles. The summed E-state index contributed by atoms with van der Waals surface area (Å²) in [6, 6.07) is 11.3. The SMILES string of the molecule is O=C(Oc1cc2ccccc2cc1OC(=O)N1CCCCC1)N1CCCCC1. The van der Waals surface area contributed by atoms with Crippen LogP contribution in [0.2, 0.25) is 0 Å². The minimum atomic E-state index is -0.384. The van der Waals surface area contributed by atoms with Crippen LogP contribution in [0.5, 0.6) is 11.5 Å². The first-order valence-electron chi connectivity index (χ1n) is 10.2. The van der Waals surface area contributed by atoms with E-state index in [2.05, 4.69) is 0 Å². The van der Waals surface area contributed by atoms with Crippen molar-refractivity contribution in [2.24, 2.45) is 0 Å². The van der Waals surface area contributed by atoms with E-state index in [1.165, 1.54) is 0 Å². The molecule has 2 aliphatic heterocycles. The Hall–Kier alpha value is -2.76. The van der Waals surface area contributed by atoms with Crippen LogP contribution in [0.4, 0.5) is 9.59 Å². The zero-order chi connectivity index (χ0) is 19.3. The Morgan fingerprint density at radius 3 is 1.43 bits per heavy atom. The predicted octanol–water partition coefficient (Wildman–Crippen LogP) is 4.81. The van der Waals surface area contributed by atoms with Gasteiger partial charge >= 0.3 is 12.2 Å². The highest BCUT2D eigenvalue weighted by Gasteiger charge is 2.23. The summed E-state index contributed by atoms with van der Waals surface area (Å²) in [6.45, 7) is 2.81. The lowest BCUT2D eigenvalue weighted by Gasteiger charge is -2.27. The van der Waals surface area contributed by atoms with Crippen molar-refractivity contribution >= 4 is 23.0 Å². The van der Waals surface area contributed by atoms with Gasteiger partial charge in [0.2, 0.25) is 0 Å². The molecule has 0 radical (unpaired) electrons. The topological polar surface area (TPSA) is 59.1 Å². The van der Waals surface area contributed by atoms with Crippen LogP contribution in [-0.4, -0.2) is 48.2 Å². The average Bonchev–Trinajstić information content (AvgIpc) is 2.75. The van der Waals surface area contributed by atoms with E-state index in [4.69, 9.17) is 9.47 Å². The van der Waals surface area contributed by atoms with Gasteiger partial charge in [-0.05, 0) is 61.4 Å². The van der Waals surface area contributed by atoms with E-state index in [0.29, 0.717) is 37.7 Å². The van der Waals surface area contributed by atoms with Gasteiger partial charge in [-0.1, -0.05) is 24.3 Å². The van der Waals surface area contributed by atoms with Crippen LogP contribution in [0.3, 0.4) is 0 Å². The molecule has 0 saturated carbocycles. The number of rotatable bonds is 2. The van der Waals surface area contributed by atoms with E-state index in [-0.39, 0.29) is 12.2 Å². The lowest BCUT2D eigenvalue weighted by molar-refractivity contribution is 0.133. The van der Waals surface area contributed by atoms with Crippen molar-refractivity contribution in [1.82, 2.24) is 9.80 Å². The Morgan fingerprint density at radius 1 is 0.643 bits per heavy atom. The molecule has 6 heteroatoms. The van der Waals surface area contributed by atoms with Crippen molar-refractivity contribution < 1.29 is 19.1 Å². The molecule has 148 valence electrons. The Labute approximate surface area is 165 Å². The molecule has 2 aromatic carbocycles. The number of hydrogen-bond acceptors (Lipinski definition) is 4. The number of amides is 2. The number of carbonyl (C=O) groups is 2. The molecule has 0 bridgehead atoms. The van der Waals surface area contributed by atoms with Gasteiger partial charge in [-0.25, -0.2) is 9.59 Å². The first-order chi connectivity index (χ1) is 13.7. The second kappa shape index (κ2) is 8.50. The number of nitrogens with zero attached hydrogens (tertiary/aromatic N) is 2. The minimum absolute atomic E-state index is 0.291. The molecule has 0 aromatic heterocycles. The number of piperidine rings is 2. The van der Waals surface area contributed by atoms with Crippen molar-refractivity contribution in [2.75, 3.05) is 26.2 Å². The molecular formula is C22H26N2O4. The number of fused-ring (bicyclic) bond motifs is 1. The summed E-state index contributed by atoms with van der Waals surface area (Å²) in [6.07, 6.45) is 5.47. The van der Waals surface area contributed by atoms with Gasteiger partial charge in [-0.15, -0.1) is 0 Å². The smallest absolute Gasteiger partial charge is 0.406 e. The van der Waals surface area contributed by atoms with E-state index >= 15 is 0 Å². The maximum atomic E-state index is 12.6. The van der Waals surface area contributed by atoms with Crippen LogP contribution in [0.1, 0.15) is 38.5 Å². The minimum Gasteiger partial charge on any atom is -0.406 e. The fourth-order valence-corrected chi connectivity index (χ4v) is 3.83. The maximum Gasteiger partial charge on any atom is 0.415 e. The highest BCUT2D eigenvalue weighted by atomic mass is 16.6. The summed E-state index contributed by atoms with van der Waals surface area (Å²) in [5.74, 6) is 0.583. The summed E-state index contributed by atoms with van der Waals surface area (Å²) < 4.78 is 11.3. The number of ether oxygens (including phenoxy) is 2. The molecule has 4 rings (SSSR count). The largest absolute Gasteiger partial charge is 0.415 e. The summed E-state index contributed by atoms with van der Waals surface area (Å²) >= 11 is 0. The normalized spacial score (nSPS) is 17.4. The van der Waals surface area contributed by atoms with Crippen molar-refractivity contribution in [3.05, 3.63) is 36.4 Å². The van der Waals surface area contributed by atoms with Gasteiger partial charge in [0, 0.05) is 26.2 Å². The van der Waals surface area contributed by atoms with E-state index in [9.17, 15) is 9.59 Å². The lowest BCUT2D eigenvalue weighted by atomic mass is 10.1. The number of benzene rings is 2. The van der Waals surface area contributed by atoms with Crippen molar-refractivity contribution in [3.63, 3.8) is 0 Å². The second-order valence-corrected chi connectivity index (χ2v) is 7.48. The molecule has 2 amide bonds. The summed E-state index contributed by atoms with van der Waals surface area (Å²) in [5, 5.41) is 1.86. The Kier molecular flexibility index (Phi) is 5.65. The quantitative estimate of drug-likeness (QED) is 0.748. The first kappa shape index (κ1) is 18.6. The molecule has 2 heterocycles. The molecule has 6 nitrogen and oxygen atoms in total. The van der Waals surface area contributed by atoms with Crippen LogP contribution in [0.15, 0.2) is 36.4 Å². The molecule has 2 fully saturated rings. The number of hydrogen-bond donors (Lipinski definition) is 0. The van der Waals surface area contributed by atoms with Crippen LogP contribution >= 0.6 is 0 Å². The van der Waals surface area contributed by atoms with E-state index in [1.807, 2.05) is 24.3 Å². The Balaban J connectivity index is 1.58. The standard InChI is InChI=1S/C22H26N2O4/c25-21(23-11-5-1-6-12-23)27-19-15-17-9-3-4-10-18(17)16-20(19)28-22(26)24-13-7-2-8-14-24/h3-4,9-10,15-16H,1-2,5-8,11-14H2. The van der Waals surface area contributed by atoms with Gasteiger partial charge in [0.15, 0.2) is 11.5 Å². The zero-order valence-electron chi connectivity index (χ0n) is 16.1. The molecular weight excluding hydrogens is 356 g/mol. The monoisotopic (exact) mass is 382 g/mol. The fraction of sp³-hybridized carbons (Fsp3) is 0.455. The van der Waals surface area contributed by atoms with Gasteiger partial charge in [0.25, 0.3) is 0 Å². The van der Waals surface area contributed by atoms with Gasteiger partial charge in [-0.3, -0.25) is 0 Å². The molecule has 28 heavy (non-hydrogen) atoms. The summed E-state index contributed by atoms with van der Waals surface area (Å²) in [7, 11) is 0. The zero-order valence-corrected chi connectivity index (χ0v) is 16.1. The van der Waals surface area contributed by atoms with Crippen LogP contribution < -0.4 is 9.47 Å². The van der Waals surface area contributed by atoms with Gasteiger partial charge in [0.1, 0.15) is 0 Å². The second-order valence-electron chi connectivity index (χ2n) is 7.48. The highest BCUT2D eigenvalue weighted by Crippen LogP contribution is 2.34. The molecule has 0 N–H and O–H groups in total. The third-order valence-corrected chi connectivity index (χ3v) is 5.44. The molecule has 2 saturated heterocycles. The van der Waals surface area contributed by atoms with Crippen molar-refractivity contribution in [2.45, 2.75) is 38.5 Å². The molecule has 0 unspecified atom stereocenters. The van der Waals surface area contributed by atoms with E-state index < -0.39 is 0 Å². The van der Waals surface area contributed by atoms with Crippen molar-refractivity contribution in [3.8, 4) is 11.5 Å². The predicted molar refractivity (Wildman–Crippen MR) is 107 cm³/mol. The maximum absolute atomic E-state index is 12.6. The van der Waals surface area contributed by atoms with E-state index in [0.717, 1.165) is 49.3 Å². The lowest BCUT2D eigenvalue weighted by Crippen LogP contribution is -2.38. The molecule has 0 spiro atoms. The molecule has 0 atom stereocenters. The van der Waals surface area contributed by atoms with Crippen LogP contribution in [0.25, 0.3) is 10.8 Å². The van der Waals surface area contributed by atoms with Gasteiger partial charge in [0.05, 0.1) is 0 Å². The van der Waals surface area contributed by atoms with Crippen LogP contribution in [-0.2, 0) is 0 Å². The number of likely N-dealkylation sites (tertiary alicyclic amines) is 2. The molecule has 2 aromatic rings. The highest BCUT2D eigenvalue weighted by molar-refractivity contribution is 5.88. The summed E-state index contributed by atoms with van der Waals surface area (Å²) in [5.41, 5.74) is 0. The molecule has 2 aliphatic rings. The average molecular weight is 382 g/mol. The Bertz CT molecular complexity index is 784. The van der Waals surface area contributed by atoms with Crippen molar-refractivity contribution in [1.29, 1.82) is 0 Å². The van der Waals surface area contributed by atoms with Gasteiger partial charge < -0.3 is 19.3 Å². The third-order valence-electron chi connectivity index (χ3n) is 5.44. The Morgan fingerprint density at radius 2 is 1.04 bits per heavy atom.